The van der Waals surface area contributed by atoms with Gasteiger partial charge in [0.25, 0.3) is 0 Å². The molecule has 0 spiro atoms. The van der Waals surface area contributed by atoms with Crippen molar-refractivity contribution in [2.45, 2.75) is 39.2 Å². The molecule has 0 N–H and O–H groups in total. The lowest BCUT2D eigenvalue weighted by atomic mass is 9.62. The first-order chi connectivity index (χ1) is 8.61. The van der Waals surface area contributed by atoms with Crippen molar-refractivity contribution in [3.8, 4) is 0 Å². The van der Waals surface area contributed by atoms with E-state index in [9.17, 15) is 4.79 Å². The molecule has 3 nitrogen and oxygen atoms in total. The van der Waals surface area contributed by atoms with Crippen LogP contribution in [-0.4, -0.2) is 5.97 Å². The van der Waals surface area contributed by atoms with Crippen molar-refractivity contribution in [1.82, 2.24) is 0 Å². The van der Waals surface area contributed by atoms with E-state index in [1.165, 1.54) is 12.0 Å². The molecule has 3 rings (SSSR count). The van der Waals surface area contributed by atoms with Gasteiger partial charge in [-0.05, 0) is 24.8 Å². The van der Waals surface area contributed by atoms with Gasteiger partial charge in [0.15, 0.2) is 0 Å². The van der Waals surface area contributed by atoms with Crippen molar-refractivity contribution in [2.75, 3.05) is 0 Å². The summed E-state index contributed by atoms with van der Waals surface area (Å²) in [6, 6.07) is 1.89. The van der Waals surface area contributed by atoms with Crippen LogP contribution in [0.15, 0.2) is 34.7 Å². The Hall–Kier alpha value is -1.51. The highest BCUT2D eigenvalue weighted by Gasteiger charge is 2.47. The molecule has 2 heterocycles. The Morgan fingerprint density at radius 3 is 3.00 bits per heavy atom. The quantitative estimate of drug-likeness (QED) is 0.710. The molecular formula is C15H18O3. The molecule has 1 unspecified atom stereocenters. The molecule has 0 saturated heterocycles. The van der Waals surface area contributed by atoms with Crippen LogP contribution in [0.3, 0.4) is 0 Å². The van der Waals surface area contributed by atoms with Crippen LogP contribution in [0, 0.1) is 11.3 Å². The van der Waals surface area contributed by atoms with Crippen LogP contribution in [0.25, 0.3) is 0 Å². The van der Waals surface area contributed by atoms with Gasteiger partial charge in [-0.1, -0.05) is 25.8 Å². The molecule has 3 heteroatoms. The molecule has 18 heavy (non-hydrogen) atoms. The molecular weight excluding hydrogens is 228 g/mol. The van der Waals surface area contributed by atoms with E-state index < -0.39 is 0 Å². The van der Waals surface area contributed by atoms with Gasteiger partial charge in [-0.15, -0.1) is 0 Å². The highest BCUT2D eigenvalue weighted by molar-refractivity contribution is 5.84. The number of cyclic esters (lactones) is 1. The van der Waals surface area contributed by atoms with Crippen molar-refractivity contribution < 1.29 is 13.9 Å². The molecule has 0 radical (unpaired) electrons. The smallest absolute Gasteiger partial charge is 0.331 e. The van der Waals surface area contributed by atoms with Crippen LogP contribution in [0.4, 0.5) is 0 Å². The Kier molecular flexibility index (Phi) is 2.58. The molecule has 2 aliphatic rings. The molecule has 3 atom stereocenters. The second-order valence-corrected chi connectivity index (χ2v) is 5.68. The monoisotopic (exact) mass is 246 g/mol. The number of carbonyl (C=O) groups excluding carboxylic acids is 1. The third-order valence-corrected chi connectivity index (χ3v) is 4.46. The Bertz CT molecular complexity index is 486. The molecule has 1 aliphatic heterocycles. The van der Waals surface area contributed by atoms with Gasteiger partial charge in [0.1, 0.15) is 6.10 Å². The van der Waals surface area contributed by atoms with E-state index in [2.05, 4.69) is 13.8 Å². The van der Waals surface area contributed by atoms with Gasteiger partial charge in [0, 0.05) is 17.1 Å². The summed E-state index contributed by atoms with van der Waals surface area (Å²) in [5.41, 5.74) is 2.14. The number of furan rings is 1. The lowest BCUT2D eigenvalue weighted by molar-refractivity contribution is -0.153. The van der Waals surface area contributed by atoms with Gasteiger partial charge < -0.3 is 9.15 Å². The van der Waals surface area contributed by atoms with Crippen molar-refractivity contribution in [3.63, 3.8) is 0 Å². The molecule has 0 amide bonds. The zero-order valence-corrected chi connectivity index (χ0v) is 10.8. The van der Waals surface area contributed by atoms with Gasteiger partial charge in [-0.2, -0.15) is 0 Å². The van der Waals surface area contributed by atoms with Crippen molar-refractivity contribution >= 4 is 5.97 Å². The van der Waals surface area contributed by atoms with Crippen LogP contribution >= 0.6 is 0 Å². The van der Waals surface area contributed by atoms with Gasteiger partial charge >= 0.3 is 5.97 Å². The maximum absolute atomic E-state index is 11.8. The SMILES string of the molecule is C[C@@H]1CCC[C@]2(C)C1=CC(=O)OC2c1ccoc1. The van der Waals surface area contributed by atoms with E-state index in [-0.39, 0.29) is 17.5 Å². The summed E-state index contributed by atoms with van der Waals surface area (Å²) < 4.78 is 10.7. The van der Waals surface area contributed by atoms with Crippen molar-refractivity contribution in [3.05, 3.63) is 35.8 Å². The van der Waals surface area contributed by atoms with E-state index in [1.54, 1.807) is 18.6 Å². The van der Waals surface area contributed by atoms with Crippen molar-refractivity contribution in [1.29, 1.82) is 0 Å². The lowest BCUT2D eigenvalue weighted by Gasteiger charge is -2.46. The lowest BCUT2D eigenvalue weighted by Crippen LogP contribution is -2.39. The summed E-state index contributed by atoms with van der Waals surface area (Å²) >= 11 is 0. The fourth-order valence-corrected chi connectivity index (χ4v) is 3.50. The summed E-state index contributed by atoms with van der Waals surface area (Å²) in [5.74, 6) is 0.244. The first kappa shape index (κ1) is 11.6. The van der Waals surface area contributed by atoms with Gasteiger partial charge in [0.05, 0.1) is 12.5 Å². The number of fused-ring (bicyclic) bond motifs is 1. The Morgan fingerprint density at radius 1 is 1.44 bits per heavy atom. The topological polar surface area (TPSA) is 39.4 Å². The number of ether oxygens (including phenoxy) is 1. The standard InChI is InChI=1S/C15H18O3/c1-10-4-3-6-15(2)12(10)8-13(16)18-14(15)11-5-7-17-9-11/h5,7-10,14H,3-4,6H2,1-2H3/t10-,14?,15-/m1/s1. The predicted octanol–water partition coefficient (Wildman–Crippen LogP) is 3.63. The Labute approximate surface area is 107 Å². The second-order valence-electron chi connectivity index (χ2n) is 5.68. The van der Waals surface area contributed by atoms with E-state index in [0.717, 1.165) is 18.4 Å². The minimum absolute atomic E-state index is 0.0740. The highest BCUT2D eigenvalue weighted by atomic mass is 16.5. The Balaban J connectivity index is 2.06. The normalized spacial score (nSPS) is 35.7. The summed E-state index contributed by atoms with van der Waals surface area (Å²) in [5, 5.41) is 0. The number of hydrogen-bond acceptors (Lipinski definition) is 3. The molecule has 0 bridgehead atoms. The third-order valence-electron chi connectivity index (χ3n) is 4.46. The predicted molar refractivity (Wildman–Crippen MR) is 66.7 cm³/mol. The van der Waals surface area contributed by atoms with E-state index >= 15 is 0 Å². The van der Waals surface area contributed by atoms with E-state index in [0.29, 0.717) is 5.92 Å². The maximum Gasteiger partial charge on any atom is 0.331 e. The van der Waals surface area contributed by atoms with Gasteiger partial charge in [-0.25, -0.2) is 4.79 Å². The van der Waals surface area contributed by atoms with Crippen LogP contribution in [0.2, 0.25) is 0 Å². The zero-order chi connectivity index (χ0) is 12.8. The summed E-state index contributed by atoms with van der Waals surface area (Å²) in [4.78, 5) is 11.8. The van der Waals surface area contributed by atoms with Crippen LogP contribution < -0.4 is 0 Å². The van der Waals surface area contributed by atoms with Crippen LogP contribution in [-0.2, 0) is 9.53 Å². The molecule has 1 saturated carbocycles. The molecule has 1 aromatic rings. The highest BCUT2D eigenvalue weighted by Crippen LogP contribution is 2.54. The molecule has 1 aliphatic carbocycles. The molecule has 1 aromatic heterocycles. The molecule has 0 aromatic carbocycles. The molecule has 1 fully saturated rings. The van der Waals surface area contributed by atoms with Crippen LogP contribution in [0.5, 0.6) is 0 Å². The van der Waals surface area contributed by atoms with E-state index in [1.807, 2.05) is 6.07 Å². The second kappa shape index (κ2) is 4.01. The van der Waals surface area contributed by atoms with Gasteiger partial charge in [-0.3, -0.25) is 0 Å². The first-order valence-electron chi connectivity index (χ1n) is 6.56. The first-order valence-corrected chi connectivity index (χ1v) is 6.56. The largest absolute Gasteiger partial charge is 0.472 e. The van der Waals surface area contributed by atoms with E-state index in [4.69, 9.17) is 9.15 Å². The third kappa shape index (κ3) is 1.61. The zero-order valence-electron chi connectivity index (χ0n) is 10.8. The minimum atomic E-state index is -0.220. The number of esters is 1. The summed E-state index contributed by atoms with van der Waals surface area (Å²) in [6.45, 7) is 4.41. The minimum Gasteiger partial charge on any atom is -0.472 e. The van der Waals surface area contributed by atoms with Gasteiger partial charge in [0.2, 0.25) is 0 Å². The van der Waals surface area contributed by atoms with Crippen LogP contribution in [0.1, 0.15) is 44.8 Å². The summed E-state index contributed by atoms with van der Waals surface area (Å²) in [6.07, 6.45) is 8.23. The summed E-state index contributed by atoms with van der Waals surface area (Å²) in [7, 11) is 0. The number of hydrogen-bond donors (Lipinski definition) is 0. The van der Waals surface area contributed by atoms with Crippen molar-refractivity contribution in [2.24, 2.45) is 11.3 Å². The molecule has 96 valence electrons. The average molecular weight is 246 g/mol. The number of rotatable bonds is 1. The number of carbonyl (C=O) groups is 1. The Morgan fingerprint density at radius 2 is 2.28 bits per heavy atom. The average Bonchev–Trinajstić information content (AvgIpc) is 2.84. The fourth-order valence-electron chi connectivity index (χ4n) is 3.50. The fraction of sp³-hybridized carbons (Fsp3) is 0.533. The maximum atomic E-state index is 11.8.